The van der Waals surface area contributed by atoms with Crippen LogP contribution >= 0.6 is 23.4 Å². The van der Waals surface area contributed by atoms with Gasteiger partial charge in [0.05, 0.1) is 12.8 Å². The molecule has 128 valence electrons. The fraction of sp³-hybridized carbons (Fsp3) is 0.158. The summed E-state index contributed by atoms with van der Waals surface area (Å²) in [6, 6.07) is 12.9. The number of hydrogen-bond acceptors (Lipinski definition) is 4. The molecule has 0 aliphatic rings. The Kier molecular flexibility index (Phi) is 6.51. The van der Waals surface area contributed by atoms with Crippen molar-refractivity contribution in [3.05, 3.63) is 58.1 Å². The minimum Gasteiger partial charge on any atom is -0.495 e. The average molecular weight is 373 g/mol. The lowest BCUT2D eigenvalue weighted by Crippen LogP contribution is -2.14. The van der Waals surface area contributed by atoms with Crippen molar-refractivity contribution >= 4 is 41.0 Å². The lowest BCUT2D eigenvalue weighted by molar-refractivity contribution is -0.112. The molecule has 0 aliphatic carbocycles. The average Bonchev–Trinajstić information content (AvgIpc) is 2.62. The van der Waals surface area contributed by atoms with Gasteiger partial charge in [0.15, 0.2) is 0 Å². The maximum absolute atomic E-state index is 12.4. The van der Waals surface area contributed by atoms with Crippen molar-refractivity contribution in [2.24, 2.45) is 0 Å². The van der Waals surface area contributed by atoms with Crippen molar-refractivity contribution < 1.29 is 9.53 Å². The number of methoxy groups -OCH3 is 1. The summed E-state index contributed by atoms with van der Waals surface area (Å²) in [6.45, 7) is 1.83. The zero-order valence-electron chi connectivity index (χ0n) is 14.1. The zero-order valence-corrected chi connectivity index (χ0v) is 15.7. The molecule has 2 aromatic carbocycles. The summed E-state index contributed by atoms with van der Waals surface area (Å²) in [5, 5.41) is 12.6. The van der Waals surface area contributed by atoms with E-state index in [-0.39, 0.29) is 5.57 Å². The monoisotopic (exact) mass is 372 g/mol. The van der Waals surface area contributed by atoms with E-state index in [0.29, 0.717) is 16.5 Å². The van der Waals surface area contributed by atoms with Gasteiger partial charge in [-0.2, -0.15) is 5.26 Å². The molecular formula is C19H17ClN2O2S. The van der Waals surface area contributed by atoms with Gasteiger partial charge >= 0.3 is 0 Å². The highest BCUT2D eigenvalue weighted by molar-refractivity contribution is 7.98. The van der Waals surface area contributed by atoms with Crippen LogP contribution in [-0.4, -0.2) is 19.3 Å². The number of hydrogen-bond donors (Lipinski definition) is 1. The largest absolute Gasteiger partial charge is 0.495 e. The van der Waals surface area contributed by atoms with Crippen LogP contribution in [0.4, 0.5) is 5.69 Å². The Balaban J connectivity index is 2.27. The Bertz CT molecular complexity index is 855. The predicted octanol–water partition coefficient (Wildman–Crippen LogP) is 4.92. The van der Waals surface area contributed by atoms with E-state index in [1.165, 1.54) is 7.11 Å². The molecule has 0 atom stereocenters. The summed E-state index contributed by atoms with van der Waals surface area (Å²) in [7, 11) is 1.49. The molecule has 0 radical (unpaired) electrons. The minimum atomic E-state index is -0.503. The van der Waals surface area contributed by atoms with Gasteiger partial charge in [-0.15, -0.1) is 11.8 Å². The van der Waals surface area contributed by atoms with Crippen LogP contribution in [-0.2, 0) is 4.79 Å². The number of nitrogens with one attached hydrogen (secondary N) is 1. The van der Waals surface area contributed by atoms with E-state index in [0.717, 1.165) is 16.0 Å². The van der Waals surface area contributed by atoms with Gasteiger partial charge in [-0.1, -0.05) is 23.7 Å². The Morgan fingerprint density at radius 2 is 2.00 bits per heavy atom. The lowest BCUT2D eigenvalue weighted by Gasteiger charge is -2.12. The first-order valence-electron chi connectivity index (χ1n) is 7.39. The fourth-order valence-corrected chi connectivity index (χ4v) is 2.70. The van der Waals surface area contributed by atoms with Crippen molar-refractivity contribution in [1.82, 2.24) is 0 Å². The standard InChI is InChI=1S/C19H17ClN2O2S/c1-12-8-17(18(24-2)10-16(12)20)22-19(23)14(11-21)9-13-4-6-15(25-3)7-5-13/h4-10H,1-3H3,(H,22,23)/b14-9+. The second-order valence-corrected chi connectivity index (χ2v) is 6.49. The molecule has 1 amide bonds. The molecule has 1 N–H and O–H groups in total. The highest BCUT2D eigenvalue weighted by Crippen LogP contribution is 2.31. The number of ether oxygens (including phenoxy) is 1. The van der Waals surface area contributed by atoms with Crippen LogP contribution in [0.1, 0.15) is 11.1 Å². The minimum absolute atomic E-state index is 0.00607. The molecule has 6 heteroatoms. The van der Waals surface area contributed by atoms with Crippen molar-refractivity contribution in [3.8, 4) is 11.8 Å². The number of nitriles is 1. The number of nitrogens with zero attached hydrogens (tertiary/aromatic N) is 1. The van der Waals surface area contributed by atoms with Crippen LogP contribution in [0.5, 0.6) is 5.75 Å². The van der Waals surface area contributed by atoms with Crippen LogP contribution in [0.3, 0.4) is 0 Å². The van der Waals surface area contributed by atoms with Gasteiger partial charge in [0, 0.05) is 16.0 Å². The number of carbonyl (C=O) groups is 1. The number of amides is 1. The first kappa shape index (κ1) is 18.9. The Morgan fingerprint density at radius 3 is 2.56 bits per heavy atom. The molecule has 0 saturated heterocycles. The number of benzene rings is 2. The highest BCUT2D eigenvalue weighted by atomic mass is 35.5. The van der Waals surface area contributed by atoms with Crippen molar-refractivity contribution in [3.63, 3.8) is 0 Å². The first-order chi connectivity index (χ1) is 12.0. The number of thioether (sulfide) groups is 1. The van der Waals surface area contributed by atoms with Crippen molar-refractivity contribution in [2.75, 3.05) is 18.7 Å². The normalized spacial score (nSPS) is 10.9. The van der Waals surface area contributed by atoms with E-state index in [9.17, 15) is 10.1 Å². The van der Waals surface area contributed by atoms with E-state index in [4.69, 9.17) is 16.3 Å². The number of rotatable bonds is 5. The van der Waals surface area contributed by atoms with Gasteiger partial charge in [-0.3, -0.25) is 4.79 Å². The maximum Gasteiger partial charge on any atom is 0.266 e. The molecule has 0 heterocycles. The Hall–Kier alpha value is -2.42. The molecule has 0 bridgehead atoms. The second kappa shape index (κ2) is 8.61. The van der Waals surface area contributed by atoms with Crippen molar-refractivity contribution in [1.29, 1.82) is 5.26 Å². The van der Waals surface area contributed by atoms with Gasteiger partial charge < -0.3 is 10.1 Å². The maximum atomic E-state index is 12.4. The smallest absolute Gasteiger partial charge is 0.266 e. The Morgan fingerprint density at radius 1 is 1.32 bits per heavy atom. The SMILES string of the molecule is COc1cc(Cl)c(C)cc1NC(=O)/C(C#N)=C/c1ccc(SC)cc1. The van der Waals surface area contributed by atoms with Crippen LogP contribution in [0, 0.1) is 18.3 Å². The molecule has 4 nitrogen and oxygen atoms in total. The molecule has 2 rings (SSSR count). The van der Waals surface area contributed by atoms with Crippen LogP contribution in [0.25, 0.3) is 6.08 Å². The van der Waals surface area contributed by atoms with Crippen LogP contribution in [0.15, 0.2) is 46.9 Å². The van der Waals surface area contributed by atoms with Gasteiger partial charge in [-0.25, -0.2) is 0 Å². The van der Waals surface area contributed by atoms with Crippen LogP contribution < -0.4 is 10.1 Å². The number of aryl methyl sites for hydroxylation is 1. The molecule has 0 fully saturated rings. The van der Waals surface area contributed by atoms with Gasteiger partial charge in [0.2, 0.25) is 0 Å². The third-order valence-electron chi connectivity index (χ3n) is 3.52. The third kappa shape index (κ3) is 4.79. The predicted molar refractivity (Wildman–Crippen MR) is 103 cm³/mol. The molecule has 0 unspecified atom stereocenters. The summed E-state index contributed by atoms with van der Waals surface area (Å²) in [6.07, 6.45) is 3.54. The second-order valence-electron chi connectivity index (χ2n) is 5.20. The quantitative estimate of drug-likeness (QED) is 0.459. The first-order valence-corrected chi connectivity index (χ1v) is 9.00. The number of halogens is 1. The van der Waals surface area contributed by atoms with E-state index in [1.807, 2.05) is 43.5 Å². The number of carbonyl (C=O) groups excluding carboxylic acids is 1. The van der Waals surface area contributed by atoms with E-state index in [1.54, 1.807) is 30.0 Å². The van der Waals surface area contributed by atoms with E-state index in [2.05, 4.69) is 5.32 Å². The summed E-state index contributed by atoms with van der Waals surface area (Å²) in [5.74, 6) is -0.0676. The van der Waals surface area contributed by atoms with Gasteiger partial charge in [0.1, 0.15) is 17.4 Å². The molecule has 0 saturated carbocycles. The Labute approximate surface area is 156 Å². The van der Waals surface area contributed by atoms with Crippen molar-refractivity contribution in [2.45, 2.75) is 11.8 Å². The fourth-order valence-electron chi connectivity index (χ4n) is 2.13. The van der Waals surface area contributed by atoms with E-state index < -0.39 is 5.91 Å². The third-order valence-corrected chi connectivity index (χ3v) is 4.67. The summed E-state index contributed by atoms with van der Waals surface area (Å²) >= 11 is 7.69. The zero-order chi connectivity index (χ0) is 18.4. The summed E-state index contributed by atoms with van der Waals surface area (Å²) in [4.78, 5) is 13.6. The van der Waals surface area contributed by atoms with Gasteiger partial charge in [-0.05, 0) is 48.6 Å². The topological polar surface area (TPSA) is 62.1 Å². The van der Waals surface area contributed by atoms with Gasteiger partial charge in [0.25, 0.3) is 5.91 Å². The molecular weight excluding hydrogens is 356 g/mol. The molecule has 25 heavy (non-hydrogen) atoms. The molecule has 0 aliphatic heterocycles. The molecule has 2 aromatic rings. The molecule has 0 aromatic heterocycles. The summed E-state index contributed by atoms with van der Waals surface area (Å²) in [5.41, 5.74) is 2.05. The van der Waals surface area contributed by atoms with E-state index >= 15 is 0 Å². The molecule has 0 spiro atoms. The van der Waals surface area contributed by atoms with Crippen LogP contribution in [0.2, 0.25) is 5.02 Å². The summed E-state index contributed by atoms with van der Waals surface area (Å²) < 4.78 is 5.24. The highest BCUT2D eigenvalue weighted by Gasteiger charge is 2.14. The number of anilines is 1. The lowest BCUT2D eigenvalue weighted by atomic mass is 10.1.